The standard InChI is InChI=1S/C11H19N3OS/c1-9(2)10(16)11(15)13-4-3-6-14-7-5-12-8-14/h5,7-10,16H,3-4,6H2,1-2H3,(H,13,15). The molecule has 16 heavy (non-hydrogen) atoms. The minimum Gasteiger partial charge on any atom is -0.355 e. The van der Waals surface area contributed by atoms with E-state index in [-0.39, 0.29) is 17.1 Å². The average molecular weight is 241 g/mol. The van der Waals surface area contributed by atoms with Gasteiger partial charge in [0.2, 0.25) is 5.91 Å². The van der Waals surface area contributed by atoms with Crippen LogP contribution in [0.5, 0.6) is 0 Å². The summed E-state index contributed by atoms with van der Waals surface area (Å²) in [6.45, 7) is 5.53. The largest absolute Gasteiger partial charge is 0.355 e. The zero-order valence-corrected chi connectivity index (χ0v) is 10.7. The number of hydrogen-bond acceptors (Lipinski definition) is 3. The van der Waals surface area contributed by atoms with E-state index in [1.54, 1.807) is 12.5 Å². The van der Waals surface area contributed by atoms with Crippen LogP contribution in [-0.4, -0.2) is 27.3 Å². The highest BCUT2D eigenvalue weighted by Gasteiger charge is 2.16. The molecule has 0 bridgehead atoms. The molecule has 0 radical (unpaired) electrons. The Bertz CT molecular complexity index is 311. The summed E-state index contributed by atoms with van der Waals surface area (Å²) in [6.07, 6.45) is 6.34. The maximum atomic E-state index is 11.5. The molecule has 1 amide bonds. The van der Waals surface area contributed by atoms with Crippen molar-refractivity contribution in [3.8, 4) is 0 Å². The molecule has 1 N–H and O–H groups in total. The molecule has 0 saturated heterocycles. The lowest BCUT2D eigenvalue weighted by molar-refractivity contribution is -0.121. The highest BCUT2D eigenvalue weighted by Crippen LogP contribution is 2.08. The number of aromatic nitrogens is 2. The van der Waals surface area contributed by atoms with Crippen LogP contribution in [-0.2, 0) is 11.3 Å². The van der Waals surface area contributed by atoms with Crippen molar-refractivity contribution in [3.05, 3.63) is 18.7 Å². The molecular weight excluding hydrogens is 222 g/mol. The summed E-state index contributed by atoms with van der Waals surface area (Å²) < 4.78 is 1.99. The van der Waals surface area contributed by atoms with Gasteiger partial charge in [0.15, 0.2) is 0 Å². The minimum atomic E-state index is -0.215. The molecule has 4 nitrogen and oxygen atoms in total. The molecule has 0 saturated carbocycles. The van der Waals surface area contributed by atoms with Gasteiger partial charge in [0, 0.05) is 25.5 Å². The van der Waals surface area contributed by atoms with Crippen LogP contribution in [0.2, 0.25) is 0 Å². The van der Waals surface area contributed by atoms with Gasteiger partial charge in [-0.25, -0.2) is 4.98 Å². The van der Waals surface area contributed by atoms with E-state index in [2.05, 4.69) is 22.9 Å². The molecular formula is C11H19N3OS. The number of carbonyl (C=O) groups excluding carboxylic acids is 1. The second-order valence-corrected chi connectivity index (χ2v) is 4.69. The van der Waals surface area contributed by atoms with E-state index < -0.39 is 0 Å². The number of thiol groups is 1. The van der Waals surface area contributed by atoms with Gasteiger partial charge in [-0.2, -0.15) is 12.6 Å². The molecule has 0 aliphatic heterocycles. The molecule has 5 heteroatoms. The predicted molar refractivity (Wildman–Crippen MR) is 67.5 cm³/mol. The van der Waals surface area contributed by atoms with Gasteiger partial charge in [-0.1, -0.05) is 13.8 Å². The van der Waals surface area contributed by atoms with E-state index >= 15 is 0 Å². The molecule has 1 atom stereocenters. The molecule has 1 unspecified atom stereocenters. The maximum absolute atomic E-state index is 11.5. The van der Waals surface area contributed by atoms with Crippen LogP contribution in [0.15, 0.2) is 18.7 Å². The summed E-state index contributed by atoms with van der Waals surface area (Å²) in [6, 6.07) is 0. The monoisotopic (exact) mass is 241 g/mol. The lowest BCUT2D eigenvalue weighted by Gasteiger charge is -2.14. The summed E-state index contributed by atoms with van der Waals surface area (Å²) in [5.41, 5.74) is 0. The number of hydrogen-bond donors (Lipinski definition) is 2. The van der Waals surface area contributed by atoms with Crippen molar-refractivity contribution in [2.24, 2.45) is 5.92 Å². The SMILES string of the molecule is CC(C)C(S)C(=O)NCCCn1ccnc1. The lowest BCUT2D eigenvalue weighted by Crippen LogP contribution is -2.35. The number of imidazole rings is 1. The first-order chi connectivity index (χ1) is 7.61. The molecule has 1 aromatic rings. The summed E-state index contributed by atoms with van der Waals surface area (Å²) in [5, 5.41) is 2.66. The molecule has 0 aliphatic rings. The third-order valence-corrected chi connectivity index (χ3v) is 3.18. The highest BCUT2D eigenvalue weighted by atomic mass is 32.1. The van der Waals surface area contributed by atoms with Crippen LogP contribution in [0.4, 0.5) is 0 Å². The molecule has 0 aliphatic carbocycles. The summed E-state index contributed by atoms with van der Waals surface area (Å²) >= 11 is 4.25. The Hall–Kier alpha value is -0.970. The van der Waals surface area contributed by atoms with Crippen molar-refractivity contribution < 1.29 is 4.79 Å². The van der Waals surface area contributed by atoms with E-state index in [9.17, 15) is 4.79 Å². The quantitative estimate of drug-likeness (QED) is 0.583. The lowest BCUT2D eigenvalue weighted by atomic mass is 10.1. The molecule has 1 aromatic heterocycles. The van der Waals surface area contributed by atoms with E-state index in [1.165, 1.54) is 0 Å². The average Bonchev–Trinajstić information content (AvgIpc) is 2.75. The normalized spacial score (nSPS) is 12.8. The van der Waals surface area contributed by atoms with Crippen molar-refractivity contribution in [1.29, 1.82) is 0 Å². The van der Waals surface area contributed by atoms with E-state index in [1.807, 2.05) is 24.6 Å². The Morgan fingerprint density at radius 3 is 2.88 bits per heavy atom. The van der Waals surface area contributed by atoms with E-state index in [4.69, 9.17) is 0 Å². The summed E-state index contributed by atoms with van der Waals surface area (Å²) in [4.78, 5) is 15.5. The van der Waals surface area contributed by atoms with Crippen molar-refractivity contribution in [2.75, 3.05) is 6.54 Å². The fourth-order valence-corrected chi connectivity index (χ4v) is 1.39. The van der Waals surface area contributed by atoms with Gasteiger partial charge in [-0.05, 0) is 12.3 Å². The Morgan fingerprint density at radius 1 is 1.56 bits per heavy atom. The van der Waals surface area contributed by atoms with Gasteiger partial charge in [0.25, 0.3) is 0 Å². The Morgan fingerprint density at radius 2 is 2.31 bits per heavy atom. The second-order valence-electron chi connectivity index (χ2n) is 4.13. The maximum Gasteiger partial charge on any atom is 0.233 e. The number of rotatable bonds is 6. The molecule has 0 aromatic carbocycles. The molecule has 1 heterocycles. The van der Waals surface area contributed by atoms with Gasteiger partial charge < -0.3 is 9.88 Å². The van der Waals surface area contributed by atoms with Crippen molar-refractivity contribution in [1.82, 2.24) is 14.9 Å². The fourth-order valence-electron chi connectivity index (χ4n) is 1.30. The van der Waals surface area contributed by atoms with Gasteiger partial charge in [-0.3, -0.25) is 4.79 Å². The fraction of sp³-hybridized carbons (Fsp3) is 0.636. The Kier molecular flexibility index (Phi) is 5.38. The smallest absolute Gasteiger partial charge is 0.233 e. The van der Waals surface area contributed by atoms with Gasteiger partial charge >= 0.3 is 0 Å². The number of nitrogens with one attached hydrogen (secondary N) is 1. The van der Waals surface area contributed by atoms with E-state index in [0.29, 0.717) is 6.54 Å². The first-order valence-corrected chi connectivity index (χ1v) is 6.04. The molecule has 0 fully saturated rings. The van der Waals surface area contributed by atoms with Crippen molar-refractivity contribution in [2.45, 2.75) is 32.1 Å². The van der Waals surface area contributed by atoms with Crippen LogP contribution in [0, 0.1) is 5.92 Å². The first kappa shape index (κ1) is 13.1. The van der Waals surface area contributed by atoms with Crippen LogP contribution in [0.25, 0.3) is 0 Å². The van der Waals surface area contributed by atoms with Gasteiger partial charge in [0.1, 0.15) is 0 Å². The number of amides is 1. The summed E-state index contributed by atoms with van der Waals surface area (Å²) in [5.74, 6) is 0.279. The van der Waals surface area contributed by atoms with Crippen molar-refractivity contribution >= 4 is 18.5 Å². The predicted octanol–water partition coefficient (Wildman–Crippen LogP) is 1.34. The zero-order chi connectivity index (χ0) is 12.0. The molecule has 0 spiro atoms. The third kappa shape index (κ3) is 4.26. The number of nitrogens with zero attached hydrogens (tertiary/aromatic N) is 2. The number of carbonyl (C=O) groups is 1. The van der Waals surface area contributed by atoms with Gasteiger partial charge in [0.05, 0.1) is 11.6 Å². The van der Waals surface area contributed by atoms with E-state index in [0.717, 1.165) is 13.0 Å². The zero-order valence-electron chi connectivity index (χ0n) is 9.76. The third-order valence-electron chi connectivity index (χ3n) is 2.35. The first-order valence-electron chi connectivity index (χ1n) is 5.52. The Labute approximate surface area is 102 Å². The topological polar surface area (TPSA) is 46.9 Å². The summed E-state index contributed by atoms with van der Waals surface area (Å²) in [7, 11) is 0. The van der Waals surface area contributed by atoms with Crippen LogP contribution in [0.3, 0.4) is 0 Å². The highest BCUT2D eigenvalue weighted by molar-refractivity contribution is 7.81. The van der Waals surface area contributed by atoms with Crippen LogP contribution >= 0.6 is 12.6 Å². The second kappa shape index (κ2) is 6.58. The minimum absolute atomic E-state index is 0.0176. The van der Waals surface area contributed by atoms with Crippen molar-refractivity contribution in [3.63, 3.8) is 0 Å². The van der Waals surface area contributed by atoms with Gasteiger partial charge in [-0.15, -0.1) is 0 Å². The van der Waals surface area contributed by atoms with Crippen LogP contribution in [0.1, 0.15) is 20.3 Å². The molecule has 1 rings (SSSR count). The Balaban J connectivity index is 2.13. The van der Waals surface area contributed by atoms with Crippen LogP contribution < -0.4 is 5.32 Å². The number of aryl methyl sites for hydroxylation is 1. The molecule has 90 valence electrons.